The fourth-order valence-corrected chi connectivity index (χ4v) is 4.61. The zero-order valence-electron chi connectivity index (χ0n) is 21.4. The zero-order valence-corrected chi connectivity index (χ0v) is 21.4. The number of aliphatic imine (C=N–C) groups is 1. The molecule has 6 nitrogen and oxygen atoms in total. The number of nitrogens with zero attached hydrogens (tertiary/aromatic N) is 2. The molecule has 0 spiro atoms. The van der Waals surface area contributed by atoms with Gasteiger partial charge in [-0.25, -0.2) is 4.99 Å². The van der Waals surface area contributed by atoms with Crippen LogP contribution < -0.4 is 10.2 Å². The molecular formula is C29H39N3O3. The van der Waals surface area contributed by atoms with Gasteiger partial charge in [-0.1, -0.05) is 95.0 Å². The SMILES string of the molecule is CCCCCC[C@H](O)[C@@H](CC(C)C)C(=O)NC1N=C(c2ccccc2)c2ccccc2N(C)C1=O. The number of fused-ring (bicyclic) bond motifs is 1. The molecule has 3 atom stereocenters. The summed E-state index contributed by atoms with van der Waals surface area (Å²) in [5, 5.41) is 13.8. The van der Waals surface area contributed by atoms with Crippen molar-refractivity contribution in [2.24, 2.45) is 16.8 Å². The van der Waals surface area contributed by atoms with Crippen molar-refractivity contribution in [1.82, 2.24) is 5.32 Å². The van der Waals surface area contributed by atoms with Gasteiger partial charge < -0.3 is 15.3 Å². The Morgan fingerprint density at radius 2 is 1.74 bits per heavy atom. The first-order valence-corrected chi connectivity index (χ1v) is 12.8. The molecule has 1 heterocycles. The molecule has 1 aliphatic rings. The van der Waals surface area contributed by atoms with Crippen molar-refractivity contribution in [3.63, 3.8) is 0 Å². The smallest absolute Gasteiger partial charge is 0.272 e. The van der Waals surface area contributed by atoms with E-state index in [0.717, 1.165) is 42.5 Å². The van der Waals surface area contributed by atoms with Gasteiger partial charge in [-0.3, -0.25) is 9.59 Å². The van der Waals surface area contributed by atoms with Crippen molar-refractivity contribution < 1.29 is 14.7 Å². The first-order valence-electron chi connectivity index (χ1n) is 12.8. The van der Waals surface area contributed by atoms with Crippen LogP contribution in [0.25, 0.3) is 0 Å². The molecule has 0 saturated carbocycles. The second-order valence-electron chi connectivity index (χ2n) is 9.82. The van der Waals surface area contributed by atoms with Gasteiger partial charge in [0, 0.05) is 18.2 Å². The van der Waals surface area contributed by atoms with E-state index < -0.39 is 18.2 Å². The summed E-state index contributed by atoms with van der Waals surface area (Å²) in [4.78, 5) is 33.2. The van der Waals surface area contributed by atoms with Crippen LogP contribution >= 0.6 is 0 Å². The van der Waals surface area contributed by atoms with Gasteiger partial charge in [0.2, 0.25) is 12.1 Å². The van der Waals surface area contributed by atoms with E-state index in [1.165, 1.54) is 0 Å². The third kappa shape index (κ3) is 6.79. The van der Waals surface area contributed by atoms with Crippen molar-refractivity contribution >= 4 is 23.2 Å². The van der Waals surface area contributed by atoms with Gasteiger partial charge >= 0.3 is 0 Å². The molecular weight excluding hydrogens is 438 g/mol. The number of aliphatic hydroxyl groups excluding tert-OH is 1. The van der Waals surface area contributed by atoms with Crippen LogP contribution in [0, 0.1) is 11.8 Å². The Labute approximate surface area is 209 Å². The maximum atomic E-state index is 13.4. The number of unbranched alkanes of at least 4 members (excludes halogenated alkanes) is 3. The van der Waals surface area contributed by atoms with Gasteiger partial charge in [0.05, 0.1) is 23.4 Å². The van der Waals surface area contributed by atoms with Crippen LogP contribution in [0.4, 0.5) is 5.69 Å². The van der Waals surface area contributed by atoms with Crippen molar-refractivity contribution in [3.05, 3.63) is 65.7 Å². The number of hydrogen-bond acceptors (Lipinski definition) is 4. The molecule has 0 aliphatic carbocycles. The fraction of sp³-hybridized carbons (Fsp3) is 0.483. The number of benzodiazepines with no additional fused rings is 1. The number of hydrogen-bond donors (Lipinski definition) is 2. The molecule has 6 heteroatoms. The van der Waals surface area contributed by atoms with Crippen LogP contribution in [0.15, 0.2) is 59.6 Å². The van der Waals surface area contributed by atoms with Crippen molar-refractivity contribution in [3.8, 4) is 0 Å². The van der Waals surface area contributed by atoms with Crippen LogP contribution in [0.3, 0.4) is 0 Å². The van der Waals surface area contributed by atoms with Crippen LogP contribution in [0.5, 0.6) is 0 Å². The number of carbonyl (C=O) groups is 2. The number of benzene rings is 2. The topological polar surface area (TPSA) is 82.0 Å². The summed E-state index contributed by atoms with van der Waals surface area (Å²) in [6, 6.07) is 17.3. The standard InChI is InChI=1S/C29H39N3O3/c1-5-6-7-11-18-25(33)23(19-20(2)3)28(34)31-27-29(35)32(4)24-17-13-12-16-22(24)26(30-27)21-14-9-8-10-15-21/h8-10,12-17,20,23,25,27,33H,5-7,11,18-19H2,1-4H3,(H,31,34)/t23-,25+,27?/m1/s1. The monoisotopic (exact) mass is 477 g/mol. The normalized spacial score (nSPS) is 17.4. The van der Waals surface area contributed by atoms with E-state index >= 15 is 0 Å². The lowest BCUT2D eigenvalue weighted by molar-refractivity contribution is -0.133. The Morgan fingerprint density at radius 3 is 2.43 bits per heavy atom. The van der Waals surface area contributed by atoms with Crippen molar-refractivity contribution in [2.75, 3.05) is 11.9 Å². The lowest BCUT2D eigenvalue weighted by atomic mass is 9.88. The minimum Gasteiger partial charge on any atom is -0.392 e. The maximum absolute atomic E-state index is 13.4. The molecule has 0 fully saturated rings. The van der Waals surface area contributed by atoms with Gasteiger partial charge in [0.25, 0.3) is 5.91 Å². The van der Waals surface area contributed by atoms with E-state index in [0.29, 0.717) is 18.6 Å². The van der Waals surface area contributed by atoms with E-state index in [-0.39, 0.29) is 17.7 Å². The molecule has 1 aliphatic heterocycles. The molecule has 2 amide bonds. The molecule has 2 N–H and O–H groups in total. The van der Waals surface area contributed by atoms with Gasteiger partial charge in [-0.05, 0) is 24.8 Å². The number of para-hydroxylation sites is 1. The Kier molecular flexibility index (Phi) is 9.61. The molecule has 35 heavy (non-hydrogen) atoms. The van der Waals surface area contributed by atoms with Gasteiger partial charge in [0.15, 0.2) is 0 Å². The minimum absolute atomic E-state index is 0.233. The third-order valence-electron chi connectivity index (χ3n) is 6.55. The third-order valence-corrected chi connectivity index (χ3v) is 6.55. The van der Waals surface area contributed by atoms with E-state index in [1.807, 2.05) is 68.4 Å². The lowest BCUT2D eigenvalue weighted by Crippen LogP contribution is -2.49. The molecule has 0 aromatic heterocycles. The Morgan fingerprint density at radius 1 is 1.06 bits per heavy atom. The summed E-state index contributed by atoms with van der Waals surface area (Å²) in [7, 11) is 1.71. The number of rotatable bonds is 11. The highest BCUT2D eigenvalue weighted by Gasteiger charge is 2.34. The number of amides is 2. The van der Waals surface area contributed by atoms with Crippen LogP contribution in [-0.2, 0) is 9.59 Å². The van der Waals surface area contributed by atoms with E-state index in [1.54, 1.807) is 11.9 Å². The highest BCUT2D eigenvalue weighted by molar-refractivity contribution is 6.20. The Bertz CT molecular complexity index is 1020. The number of carbonyl (C=O) groups excluding carboxylic acids is 2. The molecule has 0 saturated heterocycles. The fourth-order valence-electron chi connectivity index (χ4n) is 4.61. The lowest BCUT2D eigenvalue weighted by Gasteiger charge is -2.26. The van der Waals surface area contributed by atoms with E-state index in [2.05, 4.69) is 12.2 Å². The number of anilines is 1. The second-order valence-corrected chi connectivity index (χ2v) is 9.82. The number of nitrogens with one attached hydrogen (secondary N) is 1. The zero-order chi connectivity index (χ0) is 25.4. The molecule has 188 valence electrons. The van der Waals surface area contributed by atoms with Crippen LogP contribution in [0.2, 0.25) is 0 Å². The summed E-state index contributed by atoms with van der Waals surface area (Å²) >= 11 is 0. The predicted octanol–water partition coefficient (Wildman–Crippen LogP) is 4.94. The quantitative estimate of drug-likeness (QED) is 0.450. The first kappa shape index (κ1) is 26.6. The van der Waals surface area contributed by atoms with E-state index in [4.69, 9.17) is 4.99 Å². The Balaban J connectivity index is 1.90. The van der Waals surface area contributed by atoms with Crippen molar-refractivity contribution in [2.45, 2.75) is 71.6 Å². The minimum atomic E-state index is -1.07. The second kappa shape index (κ2) is 12.6. The van der Waals surface area contributed by atoms with Crippen molar-refractivity contribution in [1.29, 1.82) is 0 Å². The summed E-state index contributed by atoms with van der Waals surface area (Å²) in [5.41, 5.74) is 3.11. The van der Waals surface area contributed by atoms with Crippen LogP contribution in [-0.4, -0.2) is 41.9 Å². The van der Waals surface area contributed by atoms with Gasteiger partial charge in [-0.2, -0.15) is 0 Å². The molecule has 1 unspecified atom stereocenters. The summed E-state index contributed by atoms with van der Waals surface area (Å²) in [5.74, 6) is -0.986. The maximum Gasteiger partial charge on any atom is 0.272 e. The average Bonchev–Trinajstić information content (AvgIpc) is 2.96. The average molecular weight is 478 g/mol. The van der Waals surface area contributed by atoms with Crippen LogP contribution in [0.1, 0.15) is 70.4 Å². The first-order chi connectivity index (χ1) is 16.8. The Hall–Kier alpha value is -2.99. The summed E-state index contributed by atoms with van der Waals surface area (Å²) < 4.78 is 0. The number of likely N-dealkylation sites (N-methyl/N-ethyl adjacent to an activating group) is 1. The predicted molar refractivity (Wildman–Crippen MR) is 142 cm³/mol. The highest BCUT2D eigenvalue weighted by atomic mass is 16.3. The molecule has 2 aromatic carbocycles. The molecule has 0 bridgehead atoms. The van der Waals surface area contributed by atoms with Gasteiger partial charge in [0.1, 0.15) is 0 Å². The largest absolute Gasteiger partial charge is 0.392 e. The highest BCUT2D eigenvalue weighted by Crippen LogP contribution is 2.28. The van der Waals surface area contributed by atoms with Gasteiger partial charge in [-0.15, -0.1) is 0 Å². The molecule has 0 radical (unpaired) electrons. The van der Waals surface area contributed by atoms with E-state index in [9.17, 15) is 14.7 Å². The molecule has 2 aromatic rings. The molecule has 3 rings (SSSR count). The summed E-state index contributed by atoms with van der Waals surface area (Å²) in [6.07, 6.45) is 3.47. The summed E-state index contributed by atoms with van der Waals surface area (Å²) in [6.45, 7) is 6.22. The number of aliphatic hydroxyl groups is 1.